The second kappa shape index (κ2) is 8.51. The lowest BCUT2D eigenvalue weighted by Crippen LogP contribution is -2.08. The van der Waals surface area contributed by atoms with Crippen LogP contribution < -0.4 is 0 Å². The normalized spacial score (nSPS) is 11.3. The molecular formula is C23H22N8S. The number of aryl methyl sites for hydroxylation is 2. The molecule has 8 nitrogen and oxygen atoms in total. The van der Waals surface area contributed by atoms with Gasteiger partial charge in [0.2, 0.25) is 0 Å². The Labute approximate surface area is 190 Å². The van der Waals surface area contributed by atoms with Crippen molar-refractivity contribution in [1.29, 1.82) is 0 Å². The Bertz CT molecular complexity index is 1370. The molecule has 3 heterocycles. The van der Waals surface area contributed by atoms with Crippen LogP contribution in [0.3, 0.4) is 0 Å². The van der Waals surface area contributed by atoms with Crippen molar-refractivity contribution in [2.75, 3.05) is 0 Å². The zero-order chi connectivity index (χ0) is 22.1. The van der Waals surface area contributed by atoms with Crippen molar-refractivity contribution in [2.24, 2.45) is 0 Å². The largest absolute Gasteiger partial charge is 0.258 e. The van der Waals surface area contributed by atoms with Gasteiger partial charge in [0.25, 0.3) is 0 Å². The molecule has 0 aliphatic heterocycles. The molecule has 32 heavy (non-hydrogen) atoms. The van der Waals surface area contributed by atoms with Crippen molar-refractivity contribution in [2.45, 2.75) is 38.3 Å². The van der Waals surface area contributed by atoms with Crippen molar-refractivity contribution in [1.82, 2.24) is 40.2 Å². The predicted molar refractivity (Wildman–Crippen MR) is 125 cm³/mol. The number of hydrogen-bond donors (Lipinski definition) is 2. The van der Waals surface area contributed by atoms with Crippen LogP contribution in [0.5, 0.6) is 0 Å². The third-order valence-corrected chi connectivity index (χ3v) is 5.83. The highest BCUT2D eigenvalue weighted by atomic mass is 32.1. The molecule has 0 bridgehead atoms. The average molecular weight is 443 g/mol. The molecule has 9 heteroatoms. The number of aromatic nitrogens is 8. The fraction of sp³-hybridized carbons (Fsp3) is 0.217. The molecule has 3 aromatic heterocycles. The Morgan fingerprint density at radius 2 is 1.75 bits per heavy atom. The minimum Gasteiger partial charge on any atom is -0.258 e. The molecule has 5 rings (SSSR count). The van der Waals surface area contributed by atoms with Crippen molar-refractivity contribution in [3.63, 3.8) is 0 Å². The van der Waals surface area contributed by atoms with E-state index in [2.05, 4.69) is 80.7 Å². The topological polar surface area (TPSA) is 97.5 Å². The predicted octanol–water partition coefficient (Wildman–Crippen LogP) is 4.11. The Morgan fingerprint density at radius 3 is 2.47 bits per heavy atom. The standard InChI is InChI=1S/C23H22N8S/c1-3-6-20-19(22-27-28-23(32)31(22)14(2)24-20)13-15-9-11-16(12-10-15)17-7-4-5-8-18(17)21-25-29-30-26-21/h4-5,7-12H,3,6,13H2,1-2H3,(H,28,32)(H,25,26,29,30). The summed E-state index contributed by atoms with van der Waals surface area (Å²) in [5.41, 5.74) is 7.32. The maximum absolute atomic E-state index is 4.84. The molecule has 0 amide bonds. The molecule has 0 radical (unpaired) electrons. The Balaban J connectivity index is 1.51. The summed E-state index contributed by atoms with van der Waals surface area (Å²) >= 11 is 4.45. The van der Waals surface area contributed by atoms with Crippen LogP contribution in [-0.4, -0.2) is 40.2 Å². The molecule has 2 aromatic carbocycles. The smallest absolute Gasteiger partial charge is 0.193 e. The summed E-state index contributed by atoms with van der Waals surface area (Å²) in [5, 5.41) is 23.4. The molecule has 0 spiro atoms. The molecule has 0 fully saturated rings. The van der Waals surface area contributed by atoms with Gasteiger partial charge in [0.15, 0.2) is 16.6 Å². The lowest BCUT2D eigenvalue weighted by atomic mass is 9.96. The van der Waals surface area contributed by atoms with Crippen LogP contribution in [0.15, 0.2) is 53.7 Å². The number of rotatable bonds is 6. The lowest BCUT2D eigenvalue weighted by molar-refractivity contribution is 0.802. The third-order valence-electron chi connectivity index (χ3n) is 5.54. The lowest BCUT2D eigenvalue weighted by Gasteiger charge is -2.13. The summed E-state index contributed by atoms with van der Waals surface area (Å²) < 4.78 is 1.91. The highest BCUT2D eigenvalue weighted by molar-refractivity contribution is 7.80. The summed E-state index contributed by atoms with van der Waals surface area (Å²) in [4.78, 5) is 4.84. The first-order valence-corrected chi connectivity index (χ1v) is 10.9. The number of benzene rings is 2. The second-order valence-corrected chi connectivity index (χ2v) is 8.06. The molecule has 160 valence electrons. The number of tetrazole rings is 1. The molecule has 0 aliphatic carbocycles. The van der Waals surface area contributed by atoms with Gasteiger partial charge in [-0.05, 0) is 40.5 Å². The number of fused-ring (bicyclic) bond motifs is 1. The van der Waals surface area contributed by atoms with E-state index in [1.165, 1.54) is 5.56 Å². The van der Waals surface area contributed by atoms with Crippen LogP contribution in [0.1, 0.15) is 36.0 Å². The molecular weight excluding hydrogens is 420 g/mol. The Hall–Kier alpha value is -3.59. The minimum atomic E-state index is 0.558. The highest BCUT2D eigenvalue weighted by Crippen LogP contribution is 2.30. The molecule has 0 saturated carbocycles. The maximum atomic E-state index is 4.84. The SMILES string of the molecule is CCCc1nc(C)n2c(S)nnc2c1Cc1ccc(-c2ccccc2-c2nnn[nH]2)cc1. The summed E-state index contributed by atoms with van der Waals surface area (Å²) in [6.45, 7) is 4.13. The van der Waals surface area contributed by atoms with Gasteiger partial charge < -0.3 is 0 Å². The first kappa shape index (κ1) is 20.3. The maximum Gasteiger partial charge on any atom is 0.193 e. The third kappa shape index (κ3) is 3.64. The molecule has 5 aromatic rings. The number of H-pyrrole nitrogens is 1. The first-order valence-electron chi connectivity index (χ1n) is 10.5. The van der Waals surface area contributed by atoms with Gasteiger partial charge in [-0.2, -0.15) is 0 Å². The van der Waals surface area contributed by atoms with Crippen LogP contribution in [0.25, 0.3) is 28.2 Å². The van der Waals surface area contributed by atoms with Crippen LogP contribution in [0.4, 0.5) is 0 Å². The van der Waals surface area contributed by atoms with Gasteiger partial charge >= 0.3 is 0 Å². The highest BCUT2D eigenvalue weighted by Gasteiger charge is 2.17. The van der Waals surface area contributed by atoms with Gasteiger partial charge in [-0.3, -0.25) is 4.40 Å². The second-order valence-electron chi connectivity index (χ2n) is 7.66. The summed E-state index contributed by atoms with van der Waals surface area (Å²) in [7, 11) is 0. The fourth-order valence-electron chi connectivity index (χ4n) is 4.06. The zero-order valence-corrected chi connectivity index (χ0v) is 18.7. The van der Waals surface area contributed by atoms with E-state index in [0.29, 0.717) is 11.0 Å². The monoisotopic (exact) mass is 442 g/mol. The average Bonchev–Trinajstić information content (AvgIpc) is 3.48. The minimum absolute atomic E-state index is 0.558. The number of nitrogens with one attached hydrogen (secondary N) is 1. The Kier molecular flexibility index (Phi) is 5.40. The zero-order valence-electron chi connectivity index (χ0n) is 17.8. The summed E-state index contributed by atoms with van der Waals surface area (Å²) in [6, 6.07) is 16.6. The summed E-state index contributed by atoms with van der Waals surface area (Å²) in [6.07, 6.45) is 2.65. The van der Waals surface area contributed by atoms with E-state index in [9.17, 15) is 0 Å². The number of aromatic amines is 1. The molecule has 0 atom stereocenters. The number of hydrogen-bond acceptors (Lipinski definition) is 7. The first-order chi connectivity index (χ1) is 15.7. The molecule has 0 aliphatic rings. The van der Waals surface area contributed by atoms with Crippen molar-refractivity contribution in [3.8, 4) is 22.5 Å². The van der Waals surface area contributed by atoms with E-state index in [4.69, 9.17) is 4.98 Å². The summed E-state index contributed by atoms with van der Waals surface area (Å²) in [5.74, 6) is 1.51. The van der Waals surface area contributed by atoms with E-state index >= 15 is 0 Å². The van der Waals surface area contributed by atoms with Crippen LogP contribution in [0, 0.1) is 6.92 Å². The van der Waals surface area contributed by atoms with Gasteiger partial charge in [0.05, 0.1) is 0 Å². The quantitative estimate of drug-likeness (QED) is 0.384. The van der Waals surface area contributed by atoms with Crippen molar-refractivity contribution >= 4 is 18.3 Å². The van der Waals surface area contributed by atoms with E-state index in [0.717, 1.165) is 58.7 Å². The van der Waals surface area contributed by atoms with E-state index in [1.807, 2.05) is 29.5 Å². The molecule has 0 unspecified atom stereocenters. The van der Waals surface area contributed by atoms with Crippen molar-refractivity contribution < 1.29 is 0 Å². The van der Waals surface area contributed by atoms with Crippen LogP contribution >= 0.6 is 12.6 Å². The van der Waals surface area contributed by atoms with E-state index in [1.54, 1.807) is 0 Å². The Morgan fingerprint density at radius 1 is 0.969 bits per heavy atom. The van der Waals surface area contributed by atoms with Crippen LogP contribution in [0.2, 0.25) is 0 Å². The van der Waals surface area contributed by atoms with Crippen molar-refractivity contribution in [3.05, 3.63) is 71.2 Å². The van der Waals surface area contributed by atoms with Crippen LogP contribution in [-0.2, 0) is 12.8 Å². The number of nitrogens with zero attached hydrogens (tertiary/aromatic N) is 7. The molecule has 0 saturated heterocycles. The fourth-order valence-corrected chi connectivity index (χ4v) is 4.34. The van der Waals surface area contributed by atoms with Gasteiger partial charge in [0.1, 0.15) is 5.82 Å². The van der Waals surface area contributed by atoms with E-state index < -0.39 is 0 Å². The molecule has 1 N–H and O–H groups in total. The van der Waals surface area contributed by atoms with Gasteiger partial charge in [-0.15, -0.1) is 27.9 Å². The van der Waals surface area contributed by atoms with Gasteiger partial charge in [-0.1, -0.05) is 61.9 Å². The van der Waals surface area contributed by atoms with E-state index in [-0.39, 0.29) is 0 Å². The van der Waals surface area contributed by atoms with Gasteiger partial charge in [0, 0.05) is 23.2 Å². The van der Waals surface area contributed by atoms with Gasteiger partial charge in [-0.25, -0.2) is 10.1 Å². The number of thiol groups is 1.